The van der Waals surface area contributed by atoms with E-state index in [1.165, 1.54) is 4.88 Å². The van der Waals surface area contributed by atoms with Gasteiger partial charge in [-0.3, -0.25) is 9.69 Å². The van der Waals surface area contributed by atoms with Gasteiger partial charge in [-0.15, -0.1) is 11.3 Å². The Morgan fingerprint density at radius 2 is 2.15 bits per heavy atom. The van der Waals surface area contributed by atoms with Crippen LogP contribution in [0.25, 0.3) is 0 Å². The largest absolute Gasteiger partial charge is 0.466 e. The first-order valence-corrected chi connectivity index (χ1v) is 8.43. The minimum Gasteiger partial charge on any atom is -0.466 e. The van der Waals surface area contributed by atoms with Gasteiger partial charge in [0.25, 0.3) is 0 Å². The van der Waals surface area contributed by atoms with Gasteiger partial charge < -0.3 is 4.74 Å². The van der Waals surface area contributed by atoms with Crippen molar-refractivity contribution in [1.29, 1.82) is 0 Å². The van der Waals surface area contributed by atoms with Crippen LogP contribution < -0.4 is 0 Å². The predicted octanol–water partition coefficient (Wildman–Crippen LogP) is 4.08. The summed E-state index contributed by atoms with van der Waals surface area (Å²) in [6.07, 6.45) is 3.72. The van der Waals surface area contributed by atoms with Gasteiger partial charge in [0, 0.05) is 23.9 Å². The van der Waals surface area contributed by atoms with E-state index in [2.05, 4.69) is 36.3 Å². The Kier molecular flexibility index (Phi) is 8.54. The van der Waals surface area contributed by atoms with E-state index in [1.807, 2.05) is 18.3 Å². The van der Waals surface area contributed by atoms with Crippen LogP contribution in [0.1, 0.15) is 51.3 Å². The zero-order valence-electron chi connectivity index (χ0n) is 12.9. The van der Waals surface area contributed by atoms with Gasteiger partial charge in [0.05, 0.1) is 6.61 Å². The molecule has 1 aromatic heterocycles. The van der Waals surface area contributed by atoms with Crippen molar-refractivity contribution in [2.75, 3.05) is 13.2 Å². The summed E-state index contributed by atoms with van der Waals surface area (Å²) in [5.74, 6) is -0.0631. The first-order chi connectivity index (χ1) is 9.63. The van der Waals surface area contributed by atoms with Crippen molar-refractivity contribution in [2.24, 2.45) is 0 Å². The summed E-state index contributed by atoms with van der Waals surface area (Å²) in [4.78, 5) is 15.1. The quantitative estimate of drug-likeness (QED) is 0.481. The van der Waals surface area contributed by atoms with Crippen molar-refractivity contribution in [3.8, 4) is 0 Å². The number of thiophene rings is 1. The van der Waals surface area contributed by atoms with Crippen LogP contribution in [0.5, 0.6) is 0 Å². The molecular formula is C16H27NO2S. The van der Waals surface area contributed by atoms with Crippen molar-refractivity contribution in [1.82, 2.24) is 4.90 Å². The van der Waals surface area contributed by atoms with E-state index in [-0.39, 0.29) is 5.97 Å². The maximum Gasteiger partial charge on any atom is 0.305 e. The smallest absolute Gasteiger partial charge is 0.305 e. The van der Waals surface area contributed by atoms with Gasteiger partial charge in [0.2, 0.25) is 0 Å². The Balaban J connectivity index is 2.18. The molecule has 0 aliphatic heterocycles. The molecule has 0 aliphatic carbocycles. The standard InChI is InChI=1S/C16H27NO2S/c1-4-19-16(18)10-6-5-7-11-17(14(2)3)13-15-9-8-12-20-15/h8-9,12,14H,4-7,10-11,13H2,1-3H3. The monoisotopic (exact) mass is 297 g/mol. The molecule has 0 atom stereocenters. The molecule has 20 heavy (non-hydrogen) atoms. The second-order valence-electron chi connectivity index (χ2n) is 5.26. The predicted molar refractivity (Wildman–Crippen MR) is 85.0 cm³/mol. The zero-order valence-corrected chi connectivity index (χ0v) is 13.7. The van der Waals surface area contributed by atoms with Crippen molar-refractivity contribution in [3.05, 3.63) is 22.4 Å². The molecule has 1 aromatic rings. The summed E-state index contributed by atoms with van der Waals surface area (Å²) in [6.45, 7) is 8.95. The van der Waals surface area contributed by atoms with Crippen molar-refractivity contribution < 1.29 is 9.53 Å². The second kappa shape index (κ2) is 9.94. The first kappa shape index (κ1) is 17.2. The van der Waals surface area contributed by atoms with E-state index in [0.717, 1.165) is 32.4 Å². The van der Waals surface area contributed by atoms with Crippen LogP contribution in [0.4, 0.5) is 0 Å². The van der Waals surface area contributed by atoms with E-state index in [9.17, 15) is 4.79 Å². The Hall–Kier alpha value is -0.870. The van der Waals surface area contributed by atoms with Crippen LogP contribution in [0.2, 0.25) is 0 Å². The summed E-state index contributed by atoms with van der Waals surface area (Å²) in [7, 11) is 0. The summed E-state index contributed by atoms with van der Waals surface area (Å²) in [5, 5.41) is 2.13. The number of hydrogen-bond donors (Lipinski definition) is 0. The van der Waals surface area contributed by atoms with Crippen molar-refractivity contribution >= 4 is 17.3 Å². The highest BCUT2D eigenvalue weighted by Crippen LogP contribution is 2.15. The minimum absolute atomic E-state index is 0.0631. The summed E-state index contributed by atoms with van der Waals surface area (Å²) in [6, 6.07) is 4.86. The topological polar surface area (TPSA) is 29.5 Å². The molecule has 0 N–H and O–H groups in total. The Morgan fingerprint density at radius 3 is 2.75 bits per heavy atom. The first-order valence-electron chi connectivity index (χ1n) is 7.55. The summed E-state index contributed by atoms with van der Waals surface area (Å²) < 4.78 is 4.93. The lowest BCUT2D eigenvalue weighted by molar-refractivity contribution is -0.143. The molecule has 0 aliphatic rings. The lowest BCUT2D eigenvalue weighted by atomic mass is 10.1. The van der Waals surface area contributed by atoms with Gasteiger partial charge in [0.1, 0.15) is 0 Å². The average Bonchev–Trinajstić information content (AvgIpc) is 2.90. The van der Waals surface area contributed by atoms with Crippen LogP contribution >= 0.6 is 11.3 Å². The van der Waals surface area contributed by atoms with Crippen LogP contribution in [0, 0.1) is 0 Å². The Morgan fingerprint density at radius 1 is 1.35 bits per heavy atom. The van der Waals surface area contributed by atoms with E-state index in [4.69, 9.17) is 4.74 Å². The summed E-state index contributed by atoms with van der Waals surface area (Å²) in [5.41, 5.74) is 0. The van der Waals surface area contributed by atoms with Crippen LogP contribution in [-0.4, -0.2) is 30.1 Å². The lowest BCUT2D eigenvalue weighted by Gasteiger charge is -2.25. The summed E-state index contributed by atoms with van der Waals surface area (Å²) >= 11 is 1.82. The van der Waals surface area contributed by atoms with Gasteiger partial charge in [-0.1, -0.05) is 12.5 Å². The maximum absolute atomic E-state index is 11.2. The number of unbranched alkanes of at least 4 members (excludes halogenated alkanes) is 2. The van der Waals surface area contributed by atoms with Gasteiger partial charge in [-0.05, 0) is 51.6 Å². The number of carbonyl (C=O) groups is 1. The van der Waals surface area contributed by atoms with E-state index >= 15 is 0 Å². The highest BCUT2D eigenvalue weighted by atomic mass is 32.1. The van der Waals surface area contributed by atoms with E-state index in [1.54, 1.807) is 0 Å². The molecule has 0 bridgehead atoms. The van der Waals surface area contributed by atoms with E-state index in [0.29, 0.717) is 19.1 Å². The molecule has 0 spiro atoms. The Labute approximate surface area is 126 Å². The van der Waals surface area contributed by atoms with Gasteiger partial charge in [-0.25, -0.2) is 0 Å². The lowest BCUT2D eigenvalue weighted by Crippen LogP contribution is -2.31. The number of ether oxygens (including phenoxy) is 1. The van der Waals surface area contributed by atoms with Gasteiger partial charge in [0.15, 0.2) is 0 Å². The van der Waals surface area contributed by atoms with Crippen molar-refractivity contribution in [3.63, 3.8) is 0 Å². The molecule has 0 saturated heterocycles. The van der Waals surface area contributed by atoms with Crippen molar-refractivity contribution in [2.45, 2.75) is 59.0 Å². The third-order valence-electron chi connectivity index (χ3n) is 3.30. The normalized spacial score (nSPS) is 11.2. The molecule has 3 nitrogen and oxygen atoms in total. The van der Waals surface area contributed by atoms with E-state index < -0.39 is 0 Å². The SMILES string of the molecule is CCOC(=O)CCCCCN(Cc1cccs1)C(C)C. The maximum atomic E-state index is 11.2. The number of nitrogens with zero attached hydrogens (tertiary/aromatic N) is 1. The average molecular weight is 297 g/mol. The molecule has 1 heterocycles. The van der Waals surface area contributed by atoms with Gasteiger partial charge in [-0.2, -0.15) is 0 Å². The molecule has 0 aromatic carbocycles. The molecule has 0 unspecified atom stereocenters. The highest BCUT2D eigenvalue weighted by Gasteiger charge is 2.10. The van der Waals surface area contributed by atoms with Gasteiger partial charge >= 0.3 is 5.97 Å². The molecule has 0 fully saturated rings. The second-order valence-corrected chi connectivity index (χ2v) is 6.29. The molecule has 1 rings (SSSR count). The Bertz CT molecular complexity index is 363. The molecule has 0 amide bonds. The molecule has 114 valence electrons. The van der Waals surface area contributed by atoms with Crippen LogP contribution in [0.3, 0.4) is 0 Å². The fourth-order valence-electron chi connectivity index (χ4n) is 2.12. The van der Waals surface area contributed by atoms with Crippen LogP contribution in [0.15, 0.2) is 17.5 Å². The third kappa shape index (κ3) is 7.06. The number of rotatable bonds is 10. The minimum atomic E-state index is -0.0631. The number of carbonyl (C=O) groups excluding carboxylic acids is 1. The zero-order chi connectivity index (χ0) is 14.8. The molecule has 0 saturated carbocycles. The number of esters is 1. The highest BCUT2D eigenvalue weighted by molar-refractivity contribution is 7.09. The fraction of sp³-hybridized carbons (Fsp3) is 0.688. The third-order valence-corrected chi connectivity index (χ3v) is 4.16. The molecule has 4 heteroatoms. The molecular weight excluding hydrogens is 270 g/mol. The van der Waals surface area contributed by atoms with Crippen LogP contribution in [-0.2, 0) is 16.1 Å². The number of hydrogen-bond acceptors (Lipinski definition) is 4. The fourth-order valence-corrected chi connectivity index (χ4v) is 2.85. The molecule has 0 radical (unpaired) electrons.